The van der Waals surface area contributed by atoms with Crippen LogP contribution < -0.4 is 0 Å². The fraction of sp³-hybridized carbons (Fsp3) is 0.900. The van der Waals surface area contributed by atoms with Crippen LogP contribution in [0.3, 0.4) is 0 Å². The molecule has 0 aliphatic heterocycles. The quantitative estimate of drug-likeness (QED) is 0.707. The van der Waals surface area contributed by atoms with Crippen LogP contribution in [-0.4, -0.2) is 11.1 Å². The summed E-state index contributed by atoms with van der Waals surface area (Å²) >= 11 is 0. The first-order chi connectivity index (χ1) is 5.72. The maximum absolute atomic E-state index is 10.5. The van der Waals surface area contributed by atoms with Crippen LogP contribution in [0.1, 0.15) is 45.4 Å². The van der Waals surface area contributed by atoms with Crippen LogP contribution in [0.15, 0.2) is 0 Å². The molecule has 2 heteroatoms. The molecule has 2 nitrogen and oxygen atoms in total. The van der Waals surface area contributed by atoms with Crippen LogP contribution in [-0.2, 0) is 4.79 Å². The van der Waals surface area contributed by atoms with Crippen molar-refractivity contribution in [3.63, 3.8) is 0 Å². The van der Waals surface area contributed by atoms with Gasteiger partial charge in [0.2, 0.25) is 0 Å². The zero-order valence-corrected chi connectivity index (χ0v) is 7.75. The summed E-state index contributed by atoms with van der Waals surface area (Å²) in [5.41, 5.74) is 0. The Morgan fingerprint density at radius 1 is 1.42 bits per heavy atom. The van der Waals surface area contributed by atoms with Gasteiger partial charge >= 0.3 is 5.97 Å². The average Bonchev–Trinajstić information content (AvgIpc) is 2.03. The average molecular weight is 170 g/mol. The molecule has 2 atom stereocenters. The minimum Gasteiger partial charge on any atom is -0.481 e. The summed E-state index contributed by atoms with van der Waals surface area (Å²) in [4.78, 5) is 10.5. The molecule has 0 radical (unpaired) electrons. The van der Waals surface area contributed by atoms with E-state index in [4.69, 9.17) is 5.11 Å². The van der Waals surface area contributed by atoms with Crippen molar-refractivity contribution in [2.75, 3.05) is 0 Å². The Balaban J connectivity index is 2.30. The Bertz CT molecular complexity index is 154. The van der Waals surface area contributed by atoms with Crippen LogP contribution in [0.4, 0.5) is 0 Å². The molecule has 0 bridgehead atoms. The summed E-state index contributed by atoms with van der Waals surface area (Å²) in [6.07, 6.45) is 6.42. The largest absolute Gasteiger partial charge is 0.481 e. The molecule has 0 amide bonds. The molecule has 0 saturated heterocycles. The van der Waals surface area contributed by atoms with Crippen molar-refractivity contribution in [2.45, 2.75) is 45.4 Å². The van der Waals surface area contributed by atoms with Crippen molar-refractivity contribution < 1.29 is 9.90 Å². The molecule has 0 spiro atoms. The Labute approximate surface area is 74.0 Å². The third-order valence-electron chi connectivity index (χ3n) is 2.93. The summed E-state index contributed by atoms with van der Waals surface area (Å²) < 4.78 is 0. The number of aliphatic carboxylic acids is 1. The second-order valence-electron chi connectivity index (χ2n) is 3.90. The predicted octanol–water partition coefficient (Wildman–Crippen LogP) is 2.68. The monoisotopic (exact) mass is 170 g/mol. The zero-order chi connectivity index (χ0) is 8.97. The minimum absolute atomic E-state index is 0.385. The lowest BCUT2D eigenvalue weighted by atomic mass is 9.79. The van der Waals surface area contributed by atoms with E-state index in [2.05, 4.69) is 6.92 Å². The van der Waals surface area contributed by atoms with Gasteiger partial charge in [0.1, 0.15) is 0 Å². The zero-order valence-electron chi connectivity index (χ0n) is 7.75. The molecule has 0 heterocycles. The summed E-state index contributed by atoms with van der Waals surface area (Å²) in [6.45, 7) is 2.20. The highest BCUT2D eigenvalue weighted by Gasteiger charge is 2.22. The lowest BCUT2D eigenvalue weighted by molar-refractivity contribution is -0.138. The number of hydrogen-bond acceptors (Lipinski definition) is 1. The van der Waals surface area contributed by atoms with E-state index >= 15 is 0 Å². The molecule has 1 aliphatic carbocycles. The number of hydrogen-bond donors (Lipinski definition) is 1. The van der Waals surface area contributed by atoms with E-state index in [1.807, 2.05) is 0 Å². The van der Waals surface area contributed by atoms with Crippen LogP contribution in [0.25, 0.3) is 0 Å². The van der Waals surface area contributed by atoms with Crippen LogP contribution in [0, 0.1) is 11.8 Å². The van der Waals surface area contributed by atoms with E-state index in [-0.39, 0.29) is 0 Å². The Hall–Kier alpha value is -0.530. The van der Waals surface area contributed by atoms with Gasteiger partial charge in [0.05, 0.1) is 0 Å². The SMILES string of the molecule is CCC1CCCC(CC(=O)O)C1. The standard InChI is InChI=1S/C10H18O2/c1-2-8-4-3-5-9(6-8)7-10(11)12/h8-9H,2-7H2,1H3,(H,11,12). The molecular formula is C10H18O2. The first-order valence-corrected chi connectivity index (χ1v) is 4.94. The first-order valence-electron chi connectivity index (χ1n) is 4.94. The normalized spacial score (nSPS) is 30.1. The summed E-state index contributed by atoms with van der Waals surface area (Å²) in [7, 11) is 0. The fourth-order valence-electron chi connectivity index (χ4n) is 2.21. The highest BCUT2D eigenvalue weighted by atomic mass is 16.4. The topological polar surface area (TPSA) is 37.3 Å². The smallest absolute Gasteiger partial charge is 0.303 e. The first kappa shape index (κ1) is 9.56. The minimum atomic E-state index is -0.628. The van der Waals surface area contributed by atoms with E-state index in [0.29, 0.717) is 12.3 Å². The Morgan fingerprint density at radius 2 is 2.08 bits per heavy atom. The van der Waals surface area contributed by atoms with Crippen LogP contribution in [0.5, 0.6) is 0 Å². The number of carboxylic acid groups (broad SMARTS) is 1. The molecule has 0 aromatic heterocycles. The third-order valence-corrected chi connectivity index (χ3v) is 2.93. The molecule has 0 aromatic rings. The van der Waals surface area contributed by atoms with Crippen molar-refractivity contribution >= 4 is 5.97 Å². The van der Waals surface area contributed by atoms with Gasteiger partial charge in [-0.25, -0.2) is 0 Å². The molecular weight excluding hydrogens is 152 g/mol. The highest BCUT2D eigenvalue weighted by Crippen LogP contribution is 2.32. The molecule has 1 aliphatic rings. The van der Waals surface area contributed by atoms with Crippen molar-refractivity contribution in [1.82, 2.24) is 0 Å². The van der Waals surface area contributed by atoms with E-state index in [0.717, 1.165) is 18.8 Å². The van der Waals surface area contributed by atoms with Gasteiger partial charge in [0.15, 0.2) is 0 Å². The summed E-state index contributed by atoms with van der Waals surface area (Å²) in [5.74, 6) is 0.626. The summed E-state index contributed by atoms with van der Waals surface area (Å²) in [5, 5.41) is 8.62. The maximum Gasteiger partial charge on any atom is 0.303 e. The number of carbonyl (C=O) groups is 1. The molecule has 1 N–H and O–H groups in total. The van der Waals surface area contributed by atoms with Gasteiger partial charge < -0.3 is 5.11 Å². The molecule has 0 aromatic carbocycles. The van der Waals surface area contributed by atoms with Gasteiger partial charge in [0.25, 0.3) is 0 Å². The number of rotatable bonds is 3. The second kappa shape index (κ2) is 4.48. The van der Waals surface area contributed by atoms with Crippen molar-refractivity contribution in [3.8, 4) is 0 Å². The van der Waals surface area contributed by atoms with E-state index < -0.39 is 5.97 Å². The van der Waals surface area contributed by atoms with Gasteiger partial charge in [-0.2, -0.15) is 0 Å². The molecule has 2 unspecified atom stereocenters. The second-order valence-corrected chi connectivity index (χ2v) is 3.90. The van der Waals surface area contributed by atoms with Gasteiger partial charge in [-0.3, -0.25) is 4.79 Å². The Morgan fingerprint density at radius 3 is 2.67 bits per heavy atom. The lowest BCUT2D eigenvalue weighted by Gasteiger charge is -2.27. The Kier molecular flexibility index (Phi) is 3.57. The van der Waals surface area contributed by atoms with Crippen LogP contribution >= 0.6 is 0 Å². The molecule has 12 heavy (non-hydrogen) atoms. The lowest BCUT2D eigenvalue weighted by Crippen LogP contribution is -2.17. The van der Waals surface area contributed by atoms with Crippen molar-refractivity contribution in [1.29, 1.82) is 0 Å². The van der Waals surface area contributed by atoms with Crippen LogP contribution in [0.2, 0.25) is 0 Å². The van der Waals surface area contributed by atoms with Gasteiger partial charge in [-0.05, 0) is 24.7 Å². The molecule has 1 saturated carbocycles. The maximum atomic E-state index is 10.5. The van der Waals surface area contributed by atoms with Gasteiger partial charge in [-0.15, -0.1) is 0 Å². The summed E-state index contributed by atoms with van der Waals surface area (Å²) in [6, 6.07) is 0. The molecule has 1 fully saturated rings. The van der Waals surface area contributed by atoms with Crippen molar-refractivity contribution in [2.24, 2.45) is 11.8 Å². The van der Waals surface area contributed by atoms with E-state index in [1.165, 1.54) is 19.3 Å². The van der Waals surface area contributed by atoms with E-state index in [1.54, 1.807) is 0 Å². The van der Waals surface area contributed by atoms with Crippen molar-refractivity contribution in [3.05, 3.63) is 0 Å². The van der Waals surface area contributed by atoms with E-state index in [9.17, 15) is 4.79 Å². The van der Waals surface area contributed by atoms with Gasteiger partial charge in [-0.1, -0.05) is 26.2 Å². The number of carboxylic acids is 1. The molecule has 70 valence electrons. The molecule has 1 rings (SSSR count). The third kappa shape index (κ3) is 2.84. The predicted molar refractivity (Wildman–Crippen MR) is 48.0 cm³/mol. The van der Waals surface area contributed by atoms with Gasteiger partial charge in [0, 0.05) is 6.42 Å². The highest BCUT2D eigenvalue weighted by molar-refractivity contribution is 5.67. The fourth-order valence-corrected chi connectivity index (χ4v) is 2.21.